The number of hydrogen-bond acceptors (Lipinski definition) is 5. The van der Waals surface area contributed by atoms with E-state index >= 15 is 0 Å². The van der Waals surface area contributed by atoms with Crippen molar-refractivity contribution in [2.24, 2.45) is 5.92 Å². The summed E-state index contributed by atoms with van der Waals surface area (Å²) < 4.78 is 5.43. The van der Waals surface area contributed by atoms with Gasteiger partial charge in [-0.25, -0.2) is 4.98 Å². The molecule has 1 N–H and O–H groups in total. The Balaban J connectivity index is 1.45. The van der Waals surface area contributed by atoms with Gasteiger partial charge in [0, 0.05) is 31.2 Å². The summed E-state index contributed by atoms with van der Waals surface area (Å²) in [5.41, 5.74) is 2.41. The van der Waals surface area contributed by atoms with Crippen LogP contribution in [0.5, 0.6) is 0 Å². The summed E-state index contributed by atoms with van der Waals surface area (Å²) in [6, 6.07) is 8.67. The van der Waals surface area contributed by atoms with Crippen LogP contribution in [0, 0.1) is 5.92 Å². The molecule has 2 heterocycles. The maximum Gasteiger partial charge on any atom is 0.233 e. The van der Waals surface area contributed by atoms with Gasteiger partial charge in [0.15, 0.2) is 5.13 Å². The van der Waals surface area contributed by atoms with Crippen molar-refractivity contribution in [3.8, 4) is 0 Å². The summed E-state index contributed by atoms with van der Waals surface area (Å²) in [7, 11) is 0. The third-order valence-electron chi connectivity index (χ3n) is 5.91. The van der Waals surface area contributed by atoms with Gasteiger partial charge in [-0.1, -0.05) is 49.9 Å². The minimum Gasteiger partial charge on any atom is -0.379 e. The van der Waals surface area contributed by atoms with E-state index in [1.807, 2.05) is 5.38 Å². The number of aromatic nitrogens is 1. The molecule has 0 spiro atoms. The second kappa shape index (κ2) is 9.63. The van der Waals surface area contributed by atoms with E-state index in [4.69, 9.17) is 4.74 Å². The average Bonchev–Trinajstić information content (AvgIpc) is 3.42. The number of ether oxygens (including phenoxy) is 1. The number of carbonyl (C=O) groups is 1. The fourth-order valence-corrected chi connectivity index (χ4v) is 4.86. The average molecular weight is 400 g/mol. The quantitative estimate of drug-likeness (QED) is 0.755. The monoisotopic (exact) mass is 399 g/mol. The van der Waals surface area contributed by atoms with E-state index in [9.17, 15) is 4.79 Å². The van der Waals surface area contributed by atoms with Crippen LogP contribution >= 0.6 is 11.3 Å². The maximum atomic E-state index is 13.0. The molecule has 1 amide bonds. The molecule has 4 rings (SSSR count). The first-order valence-corrected chi connectivity index (χ1v) is 11.3. The summed E-state index contributed by atoms with van der Waals surface area (Å²) in [5, 5.41) is 5.60. The summed E-state index contributed by atoms with van der Waals surface area (Å²) >= 11 is 1.47. The summed E-state index contributed by atoms with van der Waals surface area (Å²) in [6.07, 6.45) is 7.74. The van der Waals surface area contributed by atoms with Crippen LogP contribution in [-0.2, 0) is 16.1 Å². The van der Waals surface area contributed by atoms with E-state index in [1.165, 1.54) is 42.6 Å². The van der Waals surface area contributed by atoms with Crippen LogP contribution in [0.2, 0.25) is 0 Å². The van der Waals surface area contributed by atoms with E-state index in [0.29, 0.717) is 11.0 Å². The number of amides is 1. The van der Waals surface area contributed by atoms with Gasteiger partial charge in [-0.05, 0) is 23.5 Å². The van der Waals surface area contributed by atoms with E-state index < -0.39 is 0 Å². The Labute approximate surface area is 171 Å². The van der Waals surface area contributed by atoms with Gasteiger partial charge >= 0.3 is 0 Å². The topological polar surface area (TPSA) is 54.5 Å². The van der Waals surface area contributed by atoms with Gasteiger partial charge in [0.05, 0.1) is 19.1 Å². The van der Waals surface area contributed by atoms with Crippen molar-refractivity contribution in [3.05, 3.63) is 47.0 Å². The predicted octanol–water partition coefficient (Wildman–Crippen LogP) is 4.28. The Hall–Kier alpha value is -1.76. The van der Waals surface area contributed by atoms with E-state index in [-0.39, 0.29) is 11.8 Å². The van der Waals surface area contributed by atoms with Crippen LogP contribution < -0.4 is 5.32 Å². The van der Waals surface area contributed by atoms with Gasteiger partial charge in [-0.15, -0.1) is 11.3 Å². The Morgan fingerprint density at radius 3 is 2.64 bits per heavy atom. The molecule has 1 saturated carbocycles. The van der Waals surface area contributed by atoms with Gasteiger partial charge in [0.2, 0.25) is 5.91 Å². The summed E-state index contributed by atoms with van der Waals surface area (Å²) in [6.45, 7) is 4.56. The van der Waals surface area contributed by atoms with E-state index in [1.54, 1.807) is 6.20 Å². The fourth-order valence-electron chi connectivity index (χ4n) is 4.32. The maximum absolute atomic E-state index is 13.0. The normalized spacial score (nSPS) is 19.6. The number of benzene rings is 1. The zero-order valence-electron chi connectivity index (χ0n) is 16.3. The first-order chi connectivity index (χ1) is 13.8. The fraction of sp³-hybridized carbons (Fsp3) is 0.545. The molecule has 0 radical (unpaired) electrons. The molecule has 5 nitrogen and oxygen atoms in total. The van der Waals surface area contributed by atoms with Crippen LogP contribution in [0.15, 0.2) is 35.8 Å². The zero-order chi connectivity index (χ0) is 19.2. The van der Waals surface area contributed by atoms with Crippen LogP contribution in [0.25, 0.3) is 0 Å². The predicted molar refractivity (Wildman–Crippen MR) is 113 cm³/mol. The number of hydrogen-bond donors (Lipinski definition) is 1. The molecule has 1 aromatic carbocycles. The molecule has 1 saturated heterocycles. The standard InChI is InChI=1S/C22H29N3O2S/c26-21(24-22-23-9-14-28-22)20(15-17-3-1-2-4-17)19-7-5-18(6-8-19)16-25-10-12-27-13-11-25/h5-9,14,17,20H,1-4,10-13,15-16H2,(H,23,24,26). The highest BCUT2D eigenvalue weighted by molar-refractivity contribution is 7.13. The van der Waals surface area contributed by atoms with Crippen molar-refractivity contribution in [2.75, 3.05) is 31.6 Å². The first kappa shape index (κ1) is 19.6. The number of thiazole rings is 1. The lowest BCUT2D eigenvalue weighted by Gasteiger charge is -2.26. The third-order valence-corrected chi connectivity index (χ3v) is 6.60. The molecule has 1 unspecified atom stereocenters. The van der Waals surface area contributed by atoms with Crippen LogP contribution in [0.4, 0.5) is 5.13 Å². The van der Waals surface area contributed by atoms with Crippen LogP contribution in [0.1, 0.15) is 49.1 Å². The van der Waals surface area contributed by atoms with Crippen molar-refractivity contribution >= 4 is 22.4 Å². The van der Waals surface area contributed by atoms with Crippen molar-refractivity contribution in [2.45, 2.75) is 44.6 Å². The van der Waals surface area contributed by atoms with Crippen molar-refractivity contribution < 1.29 is 9.53 Å². The van der Waals surface area contributed by atoms with Crippen LogP contribution in [-0.4, -0.2) is 42.1 Å². The third kappa shape index (κ3) is 5.19. The minimum atomic E-state index is -0.107. The Kier molecular flexibility index (Phi) is 6.73. The smallest absolute Gasteiger partial charge is 0.233 e. The summed E-state index contributed by atoms with van der Waals surface area (Å²) in [4.78, 5) is 19.7. The van der Waals surface area contributed by atoms with Gasteiger partial charge < -0.3 is 10.1 Å². The molecule has 1 aliphatic heterocycles. The Morgan fingerprint density at radius 2 is 1.96 bits per heavy atom. The largest absolute Gasteiger partial charge is 0.379 e. The highest BCUT2D eigenvalue weighted by Gasteiger charge is 2.27. The molecule has 2 aliphatic rings. The summed E-state index contributed by atoms with van der Waals surface area (Å²) in [5.74, 6) is 0.618. The molecular formula is C22H29N3O2S. The number of carbonyl (C=O) groups excluding carboxylic acids is 1. The molecule has 2 fully saturated rings. The van der Waals surface area contributed by atoms with Gasteiger partial charge in [0.25, 0.3) is 0 Å². The first-order valence-electron chi connectivity index (χ1n) is 10.4. The molecular weight excluding hydrogens is 370 g/mol. The van der Waals surface area contributed by atoms with Crippen molar-refractivity contribution in [1.82, 2.24) is 9.88 Å². The van der Waals surface area contributed by atoms with Gasteiger partial charge in [-0.2, -0.15) is 0 Å². The lowest BCUT2D eigenvalue weighted by atomic mass is 9.87. The number of morpholine rings is 1. The molecule has 28 heavy (non-hydrogen) atoms. The molecule has 150 valence electrons. The van der Waals surface area contributed by atoms with E-state index in [2.05, 4.69) is 39.5 Å². The second-order valence-corrected chi connectivity index (χ2v) is 8.79. The molecule has 6 heteroatoms. The Bertz CT molecular complexity index is 736. The number of anilines is 1. The number of nitrogens with one attached hydrogen (secondary N) is 1. The highest BCUT2D eigenvalue weighted by atomic mass is 32.1. The Morgan fingerprint density at radius 1 is 1.21 bits per heavy atom. The van der Waals surface area contributed by atoms with E-state index in [0.717, 1.165) is 44.8 Å². The van der Waals surface area contributed by atoms with Crippen molar-refractivity contribution in [1.29, 1.82) is 0 Å². The molecule has 0 bridgehead atoms. The van der Waals surface area contributed by atoms with Gasteiger partial charge in [-0.3, -0.25) is 9.69 Å². The molecule has 1 aliphatic carbocycles. The lowest BCUT2D eigenvalue weighted by Crippen LogP contribution is -2.35. The van der Waals surface area contributed by atoms with Crippen LogP contribution in [0.3, 0.4) is 0 Å². The number of rotatable bonds is 7. The minimum absolute atomic E-state index is 0.0720. The SMILES string of the molecule is O=C(Nc1nccs1)C(CC1CCCC1)c1ccc(CN2CCOCC2)cc1. The number of nitrogens with zero attached hydrogens (tertiary/aromatic N) is 2. The second-order valence-electron chi connectivity index (χ2n) is 7.90. The lowest BCUT2D eigenvalue weighted by molar-refractivity contribution is -0.118. The molecule has 1 atom stereocenters. The molecule has 1 aromatic heterocycles. The van der Waals surface area contributed by atoms with Gasteiger partial charge in [0.1, 0.15) is 0 Å². The van der Waals surface area contributed by atoms with Crippen molar-refractivity contribution in [3.63, 3.8) is 0 Å². The zero-order valence-corrected chi connectivity index (χ0v) is 17.1. The highest BCUT2D eigenvalue weighted by Crippen LogP contribution is 2.35. The molecule has 2 aromatic rings.